The van der Waals surface area contributed by atoms with Gasteiger partial charge in [0.2, 0.25) is 0 Å². The van der Waals surface area contributed by atoms with E-state index in [-0.39, 0.29) is 0 Å². The van der Waals surface area contributed by atoms with E-state index in [0.29, 0.717) is 11.8 Å². The average molecular weight is 205 g/mol. The zero-order chi connectivity index (χ0) is 10.5. The fraction of sp³-hybridized carbons (Fsp3) is 0.615. The first-order chi connectivity index (χ1) is 7.36. The maximum Gasteiger partial charge on any atom is 0.133 e. The van der Waals surface area contributed by atoms with Crippen LogP contribution in [0, 0.1) is 0 Å². The van der Waals surface area contributed by atoms with Gasteiger partial charge in [-0.3, -0.25) is 4.79 Å². The molecule has 1 N–H and O–H groups in total. The van der Waals surface area contributed by atoms with Gasteiger partial charge in [-0.05, 0) is 43.5 Å². The molecule has 0 spiro atoms. The third kappa shape index (κ3) is 2.95. The number of nitrogens with one attached hydrogen (secondary N) is 1. The van der Waals surface area contributed by atoms with Gasteiger partial charge in [-0.1, -0.05) is 12.5 Å². The summed E-state index contributed by atoms with van der Waals surface area (Å²) in [5.74, 6) is 0.438. The van der Waals surface area contributed by atoms with E-state index in [4.69, 9.17) is 0 Å². The van der Waals surface area contributed by atoms with E-state index in [1.165, 1.54) is 24.8 Å². The molecule has 2 aliphatic rings. The van der Waals surface area contributed by atoms with Crippen molar-refractivity contribution >= 4 is 5.78 Å². The third-order valence-electron chi connectivity index (χ3n) is 3.28. The number of dihydropyridines is 1. The Bertz CT molecular complexity index is 291. The first-order valence-corrected chi connectivity index (χ1v) is 5.99. The van der Waals surface area contributed by atoms with Crippen molar-refractivity contribution in [3.8, 4) is 0 Å². The van der Waals surface area contributed by atoms with Gasteiger partial charge in [0.25, 0.3) is 0 Å². The number of rotatable bonds is 0. The average Bonchev–Trinajstić information content (AvgIpc) is 2.27. The van der Waals surface area contributed by atoms with Gasteiger partial charge >= 0.3 is 0 Å². The minimum atomic E-state index is 0.414. The molecule has 2 nitrogen and oxygen atoms in total. The van der Waals surface area contributed by atoms with Crippen molar-refractivity contribution < 1.29 is 4.79 Å². The van der Waals surface area contributed by atoms with Crippen molar-refractivity contribution in [1.82, 2.24) is 5.32 Å². The summed E-state index contributed by atoms with van der Waals surface area (Å²) in [5.41, 5.74) is 1.48. The van der Waals surface area contributed by atoms with E-state index in [9.17, 15) is 4.79 Å². The zero-order valence-corrected chi connectivity index (χ0v) is 9.17. The number of Topliss-reactive ketones (excluding diaryl/α,β-unsaturated/α-hetero) is 1. The molecular formula is C13H19NO. The summed E-state index contributed by atoms with van der Waals surface area (Å²) in [7, 11) is 0. The highest BCUT2D eigenvalue weighted by molar-refractivity contribution is 5.78. The quantitative estimate of drug-likeness (QED) is 0.658. The summed E-state index contributed by atoms with van der Waals surface area (Å²) in [6, 6.07) is 0.414. The van der Waals surface area contributed by atoms with E-state index < -0.39 is 0 Å². The predicted molar refractivity (Wildman–Crippen MR) is 61.5 cm³/mol. The van der Waals surface area contributed by atoms with Crippen molar-refractivity contribution in [1.29, 1.82) is 0 Å². The Kier molecular flexibility index (Phi) is 3.59. The van der Waals surface area contributed by atoms with E-state index in [1.807, 2.05) is 6.20 Å². The SMILES string of the molecule is O=C1CCCCCC2=CC=CNC2CC1. The van der Waals surface area contributed by atoms with Gasteiger partial charge in [-0.15, -0.1) is 0 Å². The van der Waals surface area contributed by atoms with Crippen LogP contribution in [-0.2, 0) is 4.79 Å². The number of allylic oxidation sites excluding steroid dienone is 2. The lowest BCUT2D eigenvalue weighted by atomic mass is 9.91. The Balaban J connectivity index is 2.00. The lowest BCUT2D eigenvalue weighted by Gasteiger charge is -2.24. The molecule has 1 aliphatic carbocycles. The summed E-state index contributed by atoms with van der Waals surface area (Å²) in [5, 5.41) is 3.36. The van der Waals surface area contributed by atoms with Gasteiger partial charge in [0.1, 0.15) is 5.78 Å². The molecule has 0 saturated heterocycles. The summed E-state index contributed by atoms with van der Waals surface area (Å²) in [4.78, 5) is 11.5. The van der Waals surface area contributed by atoms with Crippen LogP contribution >= 0.6 is 0 Å². The van der Waals surface area contributed by atoms with Crippen molar-refractivity contribution in [3.05, 3.63) is 23.9 Å². The van der Waals surface area contributed by atoms with Crippen molar-refractivity contribution in [3.63, 3.8) is 0 Å². The van der Waals surface area contributed by atoms with Crippen molar-refractivity contribution in [2.45, 2.75) is 51.0 Å². The molecule has 0 bridgehead atoms. The minimum absolute atomic E-state index is 0.414. The molecule has 0 radical (unpaired) electrons. The van der Waals surface area contributed by atoms with Gasteiger partial charge in [0.15, 0.2) is 0 Å². The molecule has 1 fully saturated rings. The lowest BCUT2D eigenvalue weighted by molar-refractivity contribution is -0.119. The molecule has 0 amide bonds. The Morgan fingerprint density at radius 3 is 2.93 bits per heavy atom. The Morgan fingerprint density at radius 2 is 2.00 bits per heavy atom. The summed E-state index contributed by atoms with van der Waals surface area (Å²) < 4.78 is 0. The van der Waals surface area contributed by atoms with E-state index >= 15 is 0 Å². The van der Waals surface area contributed by atoms with Crippen molar-refractivity contribution in [2.75, 3.05) is 0 Å². The summed E-state index contributed by atoms with van der Waals surface area (Å²) in [6.07, 6.45) is 13.5. The van der Waals surface area contributed by atoms with Gasteiger partial charge in [0.05, 0.1) is 0 Å². The molecule has 1 atom stereocenters. The summed E-state index contributed by atoms with van der Waals surface area (Å²) in [6.45, 7) is 0. The van der Waals surface area contributed by atoms with Crippen LogP contribution in [0.25, 0.3) is 0 Å². The molecular weight excluding hydrogens is 186 g/mol. The second kappa shape index (κ2) is 5.15. The highest BCUT2D eigenvalue weighted by Crippen LogP contribution is 2.21. The third-order valence-corrected chi connectivity index (χ3v) is 3.28. The van der Waals surface area contributed by atoms with Crippen LogP contribution in [0.4, 0.5) is 0 Å². The largest absolute Gasteiger partial charge is 0.384 e. The molecule has 15 heavy (non-hydrogen) atoms. The standard InChI is InChI=1S/C13H19NO/c15-12-7-3-1-2-5-11-6-4-10-14-13(11)9-8-12/h4,6,10,13-14H,1-3,5,7-9H2. The minimum Gasteiger partial charge on any atom is -0.384 e. The number of carbonyl (C=O) groups excluding carboxylic acids is 1. The maximum atomic E-state index is 11.5. The lowest BCUT2D eigenvalue weighted by Crippen LogP contribution is -2.29. The molecule has 2 heteroatoms. The molecule has 0 aromatic rings. The van der Waals surface area contributed by atoms with Gasteiger partial charge in [-0.2, -0.15) is 0 Å². The number of fused-ring (bicyclic) bond motifs is 1. The van der Waals surface area contributed by atoms with Gasteiger partial charge in [-0.25, -0.2) is 0 Å². The topological polar surface area (TPSA) is 29.1 Å². The van der Waals surface area contributed by atoms with Crippen LogP contribution in [0.15, 0.2) is 23.9 Å². The molecule has 0 aromatic heterocycles. The highest BCUT2D eigenvalue weighted by Gasteiger charge is 2.17. The van der Waals surface area contributed by atoms with Crippen LogP contribution in [0.1, 0.15) is 44.9 Å². The molecule has 1 heterocycles. The first-order valence-electron chi connectivity index (χ1n) is 5.99. The normalized spacial score (nSPS) is 27.6. The van der Waals surface area contributed by atoms with Crippen LogP contribution in [0.2, 0.25) is 0 Å². The number of hydrogen-bond acceptors (Lipinski definition) is 2. The second-order valence-corrected chi connectivity index (χ2v) is 4.46. The molecule has 1 saturated carbocycles. The molecule has 1 aliphatic heterocycles. The smallest absolute Gasteiger partial charge is 0.133 e. The Labute approximate surface area is 91.4 Å². The Hall–Kier alpha value is -1.05. The van der Waals surface area contributed by atoms with Gasteiger partial charge in [0, 0.05) is 18.9 Å². The van der Waals surface area contributed by atoms with Crippen LogP contribution in [-0.4, -0.2) is 11.8 Å². The molecule has 1 unspecified atom stereocenters. The van der Waals surface area contributed by atoms with E-state index in [2.05, 4.69) is 17.5 Å². The number of carbonyl (C=O) groups is 1. The van der Waals surface area contributed by atoms with Crippen molar-refractivity contribution in [2.24, 2.45) is 0 Å². The highest BCUT2D eigenvalue weighted by atomic mass is 16.1. The van der Waals surface area contributed by atoms with Gasteiger partial charge < -0.3 is 5.32 Å². The van der Waals surface area contributed by atoms with Crippen LogP contribution in [0.5, 0.6) is 0 Å². The Morgan fingerprint density at radius 1 is 1.13 bits per heavy atom. The van der Waals surface area contributed by atoms with E-state index in [0.717, 1.165) is 25.7 Å². The number of hydrogen-bond donors (Lipinski definition) is 1. The fourth-order valence-electron chi connectivity index (χ4n) is 2.35. The monoisotopic (exact) mass is 205 g/mol. The van der Waals surface area contributed by atoms with Crippen LogP contribution in [0.3, 0.4) is 0 Å². The summed E-state index contributed by atoms with van der Waals surface area (Å²) >= 11 is 0. The molecule has 82 valence electrons. The van der Waals surface area contributed by atoms with Crippen LogP contribution < -0.4 is 5.32 Å². The zero-order valence-electron chi connectivity index (χ0n) is 9.17. The first kappa shape index (κ1) is 10.5. The van der Waals surface area contributed by atoms with E-state index in [1.54, 1.807) is 0 Å². The molecule has 2 rings (SSSR count). The number of ketones is 1. The fourth-order valence-corrected chi connectivity index (χ4v) is 2.35. The predicted octanol–water partition coefficient (Wildman–Crippen LogP) is 2.71. The molecule has 0 aromatic carbocycles. The second-order valence-electron chi connectivity index (χ2n) is 4.46. The maximum absolute atomic E-state index is 11.5.